The van der Waals surface area contributed by atoms with E-state index in [1.165, 1.54) is 22.5 Å². The molecular weight excluding hydrogens is 294 g/mol. The molecule has 0 unspecified atom stereocenters. The number of amides is 1. The van der Waals surface area contributed by atoms with E-state index in [0.29, 0.717) is 6.54 Å². The number of fused-ring (bicyclic) bond motifs is 2. The first-order chi connectivity index (χ1) is 10.6. The lowest BCUT2D eigenvalue weighted by atomic mass is 10.00. The van der Waals surface area contributed by atoms with E-state index in [1.807, 2.05) is 35.7 Å². The van der Waals surface area contributed by atoms with Gasteiger partial charge in [0.2, 0.25) is 0 Å². The Morgan fingerprint density at radius 1 is 1.27 bits per heavy atom. The first kappa shape index (κ1) is 13.5. The Morgan fingerprint density at radius 2 is 2.05 bits per heavy atom. The minimum absolute atomic E-state index is 0.134. The van der Waals surface area contributed by atoms with Gasteiger partial charge >= 0.3 is 0 Å². The summed E-state index contributed by atoms with van der Waals surface area (Å²) in [5.74, 6) is 0.134. The SMILES string of the molecule is Cc1nn(C)c2sc(C(=O)N3CCc4ccccc4C3)cc12. The average Bonchev–Trinajstić information content (AvgIpc) is 3.08. The van der Waals surface area contributed by atoms with Gasteiger partial charge in [0.1, 0.15) is 4.83 Å². The molecule has 0 aliphatic carbocycles. The molecule has 112 valence electrons. The molecule has 2 aromatic heterocycles. The van der Waals surface area contributed by atoms with Gasteiger partial charge in [-0.3, -0.25) is 9.48 Å². The Morgan fingerprint density at radius 3 is 2.82 bits per heavy atom. The lowest BCUT2D eigenvalue weighted by Crippen LogP contribution is -2.35. The second kappa shape index (κ2) is 4.95. The molecule has 0 radical (unpaired) electrons. The fourth-order valence-electron chi connectivity index (χ4n) is 3.14. The molecule has 4 nitrogen and oxygen atoms in total. The minimum Gasteiger partial charge on any atom is -0.333 e. The Balaban J connectivity index is 1.65. The summed E-state index contributed by atoms with van der Waals surface area (Å²) in [6.45, 7) is 3.49. The van der Waals surface area contributed by atoms with Crippen molar-refractivity contribution in [1.29, 1.82) is 0 Å². The molecule has 1 aromatic carbocycles. The van der Waals surface area contributed by atoms with Crippen LogP contribution in [0.1, 0.15) is 26.5 Å². The van der Waals surface area contributed by atoms with Gasteiger partial charge < -0.3 is 4.90 Å². The molecule has 0 saturated carbocycles. The van der Waals surface area contributed by atoms with Crippen LogP contribution in [0.4, 0.5) is 0 Å². The van der Waals surface area contributed by atoms with E-state index in [0.717, 1.165) is 33.8 Å². The molecule has 3 aromatic rings. The quantitative estimate of drug-likeness (QED) is 0.692. The van der Waals surface area contributed by atoms with E-state index < -0.39 is 0 Å². The predicted molar refractivity (Wildman–Crippen MR) is 88.2 cm³/mol. The van der Waals surface area contributed by atoms with Gasteiger partial charge in [-0.1, -0.05) is 24.3 Å². The maximum absolute atomic E-state index is 12.8. The molecular formula is C17H17N3OS. The summed E-state index contributed by atoms with van der Waals surface area (Å²) >= 11 is 1.54. The first-order valence-corrected chi connectivity index (χ1v) is 8.24. The highest BCUT2D eigenvalue weighted by Gasteiger charge is 2.24. The van der Waals surface area contributed by atoms with Crippen LogP contribution in [0.3, 0.4) is 0 Å². The van der Waals surface area contributed by atoms with Crippen LogP contribution in [-0.4, -0.2) is 27.1 Å². The van der Waals surface area contributed by atoms with E-state index in [-0.39, 0.29) is 5.91 Å². The number of aromatic nitrogens is 2. The van der Waals surface area contributed by atoms with E-state index in [1.54, 1.807) is 0 Å². The number of aryl methyl sites for hydroxylation is 2. The summed E-state index contributed by atoms with van der Waals surface area (Å²) in [4.78, 5) is 16.6. The topological polar surface area (TPSA) is 38.1 Å². The van der Waals surface area contributed by atoms with E-state index in [9.17, 15) is 4.79 Å². The first-order valence-electron chi connectivity index (χ1n) is 7.42. The van der Waals surface area contributed by atoms with Crippen molar-refractivity contribution in [2.75, 3.05) is 6.54 Å². The molecule has 0 spiro atoms. The maximum atomic E-state index is 12.8. The van der Waals surface area contributed by atoms with E-state index in [2.05, 4.69) is 23.3 Å². The molecule has 3 heterocycles. The minimum atomic E-state index is 0.134. The number of rotatable bonds is 1. The summed E-state index contributed by atoms with van der Waals surface area (Å²) in [7, 11) is 1.93. The third-order valence-electron chi connectivity index (χ3n) is 4.32. The second-order valence-corrected chi connectivity index (χ2v) is 6.81. The Kier molecular flexibility index (Phi) is 3.04. The van der Waals surface area contributed by atoms with Crippen molar-refractivity contribution in [1.82, 2.24) is 14.7 Å². The van der Waals surface area contributed by atoms with Gasteiger partial charge in [0.25, 0.3) is 5.91 Å². The fraction of sp³-hybridized carbons (Fsp3) is 0.294. The van der Waals surface area contributed by atoms with Crippen LogP contribution in [-0.2, 0) is 20.0 Å². The molecule has 5 heteroatoms. The van der Waals surface area contributed by atoms with Crippen molar-refractivity contribution < 1.29 is 4.79 Å². The van der Waals surface area contributed by atoms with Gasteiger partial charge in [0.15, 0.2) is 0 Å². The van der Waals surface area contributed by atoms with Crippen molar-refractivity contribution in [2.24, 2.45) is 7.05 Å². The van der Waals surface area contributed by atoms with Crippen LogP contribution in [0, 0.1) is 6.92 Å². The van der Waals surface area contributed by atoms with Crippen LogP contribution >= 0.6 is 11.3 Å². The van der Waals surface area contributed by atoms with Crippen molar-refractivity contribution >= 4 is 27.5 Å². The van der Waals surface area contributed by atoms with Gasteiger partial charge in [-0.05, 0) is 30.5 Å². The summed E-state index contributed by atoms with van der Waals surface area (Å²) in [5, 5.41) is 5.49. The van der Waals surface area contributed by atoms with Crippen molar-refractivity contribution in [3.05, 3.63) is 52.0 Å². The highest BCUT2D eigenvalue weighted by atomic mass is 32.1. The standard InChI is InChI=1S/C17H17N3OS/c1-11-14-9-15(22-17(14)19(2)18-11)16(21)20-8-7-12-5-3-4-6-13(12)10-20/h3-6,9H,7-8,10H2,1-2H3. The summed E-state index contributed by atoms with van der Waals surface area (Å²) < 4.78 is 1.86. The Bertz CT molecular complexity index is 843. The highest BCUT2D eigenvalue weighted by molar-refractivity contribution is 7.20. The number of nitrogens with zero attached hydrogens (tertiary/aromatic N) is 3. The lowest BCUT2D eigenvalue weighted by molar-refractivity contribution is 0.0739. The van der Waals surface area contributed by atoms with Gasteiger partial charge in [-0.15, -0.1) is 11.3 Å². The number of carbonyl (C=O) groups is 1. The van der Waals surface area contributed by atoms with Gasteiger partial charge in [0, 0.05) is 25.5 Å². The highest BCUT2D eigenvalue weighted by Crippen LogP contribution is 2.29. The number of carbonyl (C=O) groups excluding carboxylic acids is 1. The predicted octanol–water partition coefficient (Wildman–Crippen LogP) is 3.14. The number of thiophene rings is 1. The average molecular weight is 311 g/mol. The third-order valence-corrected chi connectivity index (χ3v) is 5.51. The molecule has 0 fully saturated rings. The number of hydrogen-bond donors (Lipinski definition) is 0. The zero-order valence-corrected chi connectivity index (χ0v) is 13.5. The molecule has 0 saturated heterocycles. The van der Waals surface area contributed by atoms with E-state index in [4.69, 9.17) is 0 Å². The molecule has 4 rings (SSSR count). The van der Waals surface area contributed by atoms with Crippen LogP contribution in [0.5, 0.6) is 0 Å². The molecule has 0 bridgehead atoms. The van der Waals surface area contributed by atoms with Crippen LogP contribution < -0.4 is 0 Å². The molecule has 22 heavy (non-hydrogen) atoms. The van der Waals surface area contributed by atoms with Gasteiger partial charge in [0.05, 0.1) is 10.6 Å². The number of hydrogen-bond acceptors (Lipinski definition) is 3. The summed E-state index contributed by atoms with van der Waals surface area (Å²) in [6, 6.07) is 10.4. The Hall–Kier alpha value is -2.14. The Labute approximate surface area is 133 Å². The summed E-state index contributed by atoms with van der Waals surface area (Å²) in [6.07, 6.45) is 0.938. The van der Waals surface area contributed by atoms with E-state index >= 15 is 0 Å². The molecule has 1 aliphatic rings. The zero-order valence-electron chi connectivity index (χ0n) is 12.7. The normalized spacial score (nSPS) is 14.4. The third kappa shape index (κ3) is 2.04. The smallest absolute Gasteiger partial charge is 0.264 e. The van der Waals surface area contributed by atoms with Crippen LogP contribution in [0.15, 0.2) is 30.3 Å². The summed E-state index contributed by atoms with van der Waals surface area (Å²) in [5.41, 5.74) is 3.61. The zero-order chi connectivity index (χ0) is 15.3. The van der Waals surface area contributed by atoms with Gasteiger partial charge in [-0.2, -0.15) is 5.10 Å². The lowest BCUT2D eigenvalue weighted by Gasteiger charge is -2.28. The monoisotopic (exact) mass is 311 g/mol. The van der Waals surface area contributed by atoms with Gasteiger partial charge in [-0.25, -0.2) is 0 Å². The number of benzene rings is 1. The molecule has 1 aliphatic heterocycles. The van der Waals surface area contributed by atoms with Crippen molar-refractivity contribution in [2.45, 2.75) is 19.9 Å². The van der Waals surface area contributed by atoms with Crippen LogP contribution in [0.25, 0.3) is 10.2 Å². The fourth-order valence-corrected chi connectivity index (χ4v) is 4.23. The van der Waals surface area contributed by atoms with Crippen molar-refractivity contribution in [3.63, 3.8) is 0 Å². The molecule has 0 atom stereocenters. The van der Waals surface area contributed by atoms with Crippen molar-refractivity contribution in [3.8, 4) is 0 Å². The largest absolute Gasteiger partial charge is 0.333 e. The molecule has 1 amide bonds. The molecule has 0 N–H and O–H groups in total. The maximum Gasteiger partial charge on any atom is 0.264 e. The second-order valence-electron chi connectivity index (χ2n) is 5.78. The van der Waals surface area contributed by atoms with Crippen LogP contribution in [0.2, 0.25) is 0 Å².